The van der Waals surface area contributed by atoms with Gasteiger partial charge >= 0.3 is 0 Å². The minimum atomic E-state index is -0.378. The van der Waals surface area contributed by atoms with Gasteiger partial charge in [0.05, 0.1) is 12.6 Å². The van der Waals surface area contributed by atoms with E-state index < -0.39 is 0 Å². The fourth-order valence-electron chi connectivity index (χ4n) is 4.82. The lowest BCUT2D eigenvalue weighted by Gasteiger charge is -2.38. The molecule has 2 aliphatic rings. The van der Waals surface area contributed by atoms with Crippen LogP contribution in [-0.2, 0) is 0 Å². The zero-order chi connectivity index (χ0) is 21.9. The molecule has 0 aliphatic carbocycles. The van der Waals surface area contributed by atoms with Crippen molar-refractivity contribution in [2.75, 3.05) is 12.4 Å². The van der Waals surface area contributed by atoms with Crippen LogP contribution in [0, 0.1) is 0 Å². The van der Waals surface area contributed by atoms with Crippen molar-refractivity contribution in [1.82, 2.24) is 0 Å². The highest BCUT2D eigenvalue weighted by Gasteiger charge is 2.36. The Morgan fingerprint density at radius 2 is 1.71 bits per heavy atom. The molecule has 0 saturated carbocycles. The summed E-state index contributed by atoms with van der Waals surface area (Å²) < 4.78 is 12.5. The number of ether oxygens (including phenoxy) is 2. The van der Waals surface area contributed by atoms with Crippen LogP contribution in [0.5, 0.6) is 11.5 Å². The summed E-state index contributed by atoms with van der Waals surface area (Å²) in [5.41, 5.74) is 7.20. The molecule has 3 aromatic carbocycles. The molecule has 2 heterocycles. The molecule has 0 spiro atoms. The molecule has 3 nitrogen and oxygen atoms in total. The van der Waals surface area contributed by atoms with Crippen LogP contribution >= 0.6 is 23.2 Å². The highest BCUT2D eigenvalue weighted by molar-refractivity contribution is 6.34. The quantitative estimate of drug-likeness (QED) is 0.431. The maximum Gasteiger partial charge on any atom is 0.150 e. The van der Waals surface area contributed by atoms with Crippen LogP contribution in [0.4, 0.5) is 5.69 Å². The van der Waals surface area contributed by atoms with Gasteiger partial charge in [0.25, 0.3) is 0 Å². The van der Waals surface area contributed by atoms with Gasteiger partial charge < -0.3 is 14.8 Å². The van der Waals surface area contributed by atoms with E-state index in [0.717, 1.165) is 45.0 Å². The standard InChI is InChI=1S/C26H23Cl2NO2/c1-14-13-26(2,3)29-19-12-21(30-4)23-18-7-5-6-8-20(18)31-25(24(23)22(14)19)15-9-16(27)11-17(28)10-15/h5-13,25,29H,1-4H3. The maximum atomic E-state index is 6.59. The molecular formula is C26H23Cl2NO2. The molecule has 0 fully saturated rings. The van der Waals surface area contributed by atoms with Gasteiger partial charge in [-0.05, 0) is 56.2 Å². The van der Waals surface area contributed by atoms with Crippen LogP contribution in [0.3, 0.4) is 0 Å². The van der Waals surface area contributed by atoms with E-state index in [-0.39, 0.29) is 11.6 Å². The van der Waals surface area contributed by atoms with Crippen LogP contribution in [0.25, 0.3) is 16.7 Å². The van der Waals surface area contributed by atoms with Crippen LogP contribution in [0.1, 0.15) is 43.6 Å². The second-order valence-electron chi connectivity index (χ2n) is 8.66. The van der Waals surface area contributed by atoms with Crippen LogP contribution in [-0.4, -0.2) is 12.6 Å². The number of hydrogen-bond donors (Lipinski definition) is 1. The number of anilines is 1. The third-order valence-corrected chi connectivity index (χ3v) is 6.27. The van der Waals surface area contributed by atoms with Crippen molar-refractivity contribution < 1.29 is 9.47 Å². The first kappa shape index (κ1) is 20.3. The van der Waals surface area contributed by atoms with Crippen molar-refractivity contribution in [3.63, 3.8) is 0 Å². The summed E-state index contributed by atoms with van der Waals surface area (Å²) >= 11 is 12.8. The summed E-state index contributed by atoms with van der Waals surface area (Å²) in [4.78, 5) is 0. The first-order valence-corrected chi connectivity index (χ1v) is 11.0. The molecule has 5 rings (SSSR count). The molecule has 158 valence electrons. The predicted octanol–water partition coefficient (Wildman–Crippen LogP) is 7.76. The van der Waals surface area contributed by atoms with Crippen molar-refractivity contribution in [1.29, 1.82) is 0 Å². The summed E-state index contributed by atoms with van der Waals surface area (Å²) in [7, 11) is 1.71. The van der Waals surface area contributed by atoms with Gasteiger partial charge in [-0.15, -0.1) is 0 Å². The first-order chi connectivity index (χ1) is 14.8. The Hall–Kier alpha value is -2.62. The minimum absolute atomic E-state index is 0.168. The monoisotopic (exact) mass is 451 g/mol. The third kappa shape index (κ3) is 3.37. The van der Waals surface area contributed by atoms with Crippen molar-refractivity contribution in [2.45, 2.75) is 32.4 Å². The van der Waals surface area contributed by atoms with E-state index in [1.807, 2.05) is 30.3 Å². The van der Waals surface area contributed by atoms with Gasteiger partial charge in [-0.3, -0.25) is 0 Å². The number of benzene rings is 3. The van der Waals surface area contributed by atoms with E-state index in [2.05, 4.69) is 44.3 Å². The lowest BCUT2D eigenvalue weighted by Crippen LogP contribution is -2.32. The fourth-order valence-corrected chi connectivity index (χ4v) is 5.37. The predicted molar refractivity (Wildman–Crippen MR) is 129 cm³/mol. The topological polar surface area (TPSA) is 30.5 Å². The number of para-hydroxylation sites is 1. The van der Waals surface area contributed by atoms with Gasteiger partial charge in [0, 0.05) is 44.1 Å². The third-order valence-electron chi connectivity index (χ3n) is 5.83. The number of allylic oxidation sites excluding steroid dienone is 1. The fraction of sp³-hybridized carbons (Fsp3) is 0.231. The zero-order valence-electron chi connectivity index (χ0n) is 17.8. The Morgan fingerprint density at radius 3 is 2.42 bits per heavy atom. The molecule has 0 saturated heterocycles. The van der Waals surface area contributed by atoms with Gasteiger partial charge in [-0.25, -0.2) is 0 Å². The van der Waals surface area contributed by atoms with Crippen LogP contribution in [0.15, 0.2) is 54.6 Å². The minimum Gasteiger partial charge on any atom is -0.496 e. The molecule has 5 heteroatoms. The average molecular weight is 452 g/mol. The van der Waals surface area contributed by atoms with E-state index in [1.165, 1.54) is 5.57 Å². The summed E-state index contributed by atoms with van der Waals surface area (Å²) in [6.45, 7) is 6.47. The highest BCUT2D eigenvalue weighted by atomic mass is 35.5. The zero-order valence-corrected chi connectivity index (χ0v) is 19.4. The Labute approximate surface area is 192 Å². The number of fused-ring (bicyclic) bond motifs is 5. The summed E-state index contributed by atoms with van der Waals surface area (Å²) in [5, 5.41) is 4.80. The lowest BCUT2D eigenvalue weighted by atomic mass is 9.80. The van der Waals surface area contributed by atoms with E-state index in [0.29, 0.717) is 10.0 Å². The molecule has 3 aromatic rings. The summed E-state index contributed by atoms with van der Waals surface area (Å²) in [5.74, 6) is 1.61. The smallest absolute Gasteiger partial charge is 0.150 e. The Morgan fingerprint density at radius 1 is 1.00 bits per heavy atom. The van der Waals surface area contributed by atoms with Crippen LogP contribution in [0.2, 0.25) is 10.0 Å². The van der Waals surface area contributed by atoms with Crippen LogP contribution < -0.4 is 14.8 Å². The van der Waals surface area contributed by atoms with Crippen molar-refractivity contribution in [3.8, 4) is 22.6 Å². The summed E-state index contributed by atoms with van der Waals surface area (Å²) in [6.07, 6.45) is 1.88. The average Bonchev–Trinajstić information content (AvgIpc) is 2.70. The SMILES string of the molecule is COc1cc2c(c3c1-c1ccccc1OC3c1cc(Cl)cc(Cl)c1)C(C)=CC(C)(C)N2. The Balaban J connectivity index is 1.88. The van der Waals surface area contributed by atoms with Gasteiger partial charge in [-0.1, -0.05) is 47.5 Å². The van der Waals surface area contributed by atoms with E-state index in [1.54, 1.807) is 13.2 Å². The number of hydrogen-bond acceptors (Lipinski definition) is 3. The molecule has 1 N–H and O–H groups in total. The van der Waals surface area contributed by atoms with Crippen molar-refractivity contribution >= 4 is 34.5 Å². The number of rotatable bonds is 2. The van der Waals surface area contributed by atoms with E-state index >= 15 is 0 Å². The van der Waals surface area contributed by atoms with Crippen molar-refractivity contribution in [2.24, 2.45) is 0 Å². The molecule has 1 unspecified atom stereocenters. The van der Waals surface area contributed by atoms with E-state index in [9.17, 15) is 0 Å². The van der Waals surface area contributed by atoms with Gasteiger partial charge in [0.2, 0.25) is 0 Å². The highest BCUT2D eigenvalue weighted by Crippen LogP contribution is 2.54. The summed E-state index contributed by atoms with van der Waals surface area (Å²) in [6, 6.07) is 15.7. The molecule has 1 atom stereocenters. The van der Waals surface area contributed by atoms with Gasteiger partial charge in [-0.2, -0.15) is 0 Å². The second-order valence-corrected chi connectivity index (χ2v) is 9.53. The molecular weight excluding hydrogens is 429 g/mol. The molecule has 0 amide bonds. The molecule has 0 bridgehead atoms. The van der Waals surface area contributed by atoms with E-state index in [4.69, 9.17) is 32.7 Å². The normalized spacial score (nSPS) is 18.0. The lowest BCUT2D eigenvalue weighted by molar-refractivity contribution is 0.242. The molecule has 0 radical (unpaired) electrons. The largest absolute Gasteiger partial charge is 0.496 e. The van der Waals surface area contributed by atoms with Gasteiger partial charge in [0.15, 0.2) is 6.10 Å². The second kappa shape index (κ2) is 7.22. The molecule has 2 aliphatic heterocycles. The molecule has 31 heavy (non-hydrogen) atoms. The van der Waals surface area contributed by atoms with Gasteiger partial charge in [0.1, 0.15) is 11.5 Å². The number of halogens is 2. The van der Waals surface area contributed by atoms with Crippen molar-refractivity contribution in [3.05, 3.63) is 81.3 Å². The maximum absolute atomic E-state index is 6.59. The number of methoxy groups -OCH3 is 1. The first-order valence-electron chi connectivity index (χ1n) is 10.2. The molecule has 0 aromatic heterocycles. The number of nitrogens with one attached hydrogen (secondary N) is 1. The Kier molecular flexibility index (Phi) is 4.72. The Bertz CT molecular complexity index is 1230.